The largest absolute Gasteiger partial charge is 1.00 e. The number of aromatic nitrogens is 1. The molecule has 2 fully saturated rings. The Bertz CT molecular complexity index is 903. The summed E-state index contributed by atoms with van der Waals surface area (Å²) in [6.45, 7) is 1.27. The van der Waals surface area contributed by atoms with Crippen molar-refractivity contribution in [1.82, 2.24) is 5.16 Å². The van der Waals surface area contributed by atoms with Crippen LogP contribution in [0.25, 0.3) is 0 Å². The molecule has 0 bridgehead atoms. The highest BCUT2D eigenvalue weighted by atomic mass is 79.9. The standard InChI is InChI=1S/C23H31N3O5S.BrH/c1-26(15-21(27)24-20-11-13-31-25-20)12-5-9-18(26)16-30-22(28)23(29,19-10-6-14-32-19)17-7-3-2-4-8-17;/h6,10-11,13-14,17-18,29H,2-5,7-9,12,15-16H2,1H3;1H. The second kappa shape index (κ2) is 11.1. The van der Waals surface area contributed by atoms with Gasteiger partial charge in [-0.2, -0.15) is 0 Å². The third-order valence-electron chi connectivity index (χ3n) is 7.11. The van der Waals surface area contributed by atoms with Crippen LogP contribution in [0.2, 0.25) is 0 Å². The number of nitrogens with zero attached hydrogens (tertiary/aromatic N) is 2. The zero-order valence-electron chi connectivity index (χ0n) is 18.9. The Morgan fingerprint density at radius 3 is 2.73 bits per heavy atom. The number of ether oxygens (including phenoxy) is 1. The molecule has 3 atom stereocenters. The maximum Gasteiger partial charge on any atom is 0.344 e. The Labute approximate surface area is 208 Å². The lowest BCUT2D eigenvalue weighted by Gasteiger charge is -2.38. The summed E-state index contributed by atoms with van der Waals surface area (Å²) in [5, 5.41) is 19.9. The van der Waals surface area contributed by atoms with Crippen LogP contribution in [0.1, 0.15) is 49.8 Å². The predicted octanol–water partition coefficient (Wildman–Crippen LogP) is 0.299. The highest BCUT2D eigenvalue weighted by molar-refractivity contribution is 7.10. The molecular weight excluding hydrogens is 510 g/mol. The van der Waals surface area contributed by atoms with Gasteiger partial charge in [0.2, 0.25) is 0 Å². The number of hydrogen-bond acceptors (Lipinski definition) is 7. The van der Waals surface area contributed by atoms with Gasteiger partial charge in [-0.05, 0) is 24.3 Å². The number of nitrogens with one attached hydrogen (secondary N) is 1. The molecular formula is C23H32BrN3O5S. The van der Waals surface area contributed by atoms with Gasteiger partial charge >= 0.3 is 5.97 Å². The molecule has 33 heavy (non-hydrogen) atoms. The lowest BCUT2D eigenvalue weighted by Crippen LogP contribution is -3.00. The number of likely N-dealkylation sites (tertiary alicyclic amines) is 1. The van der Waals surface area contributed by atoms with E-state index in [-0.39, 0.29) is 48.0 Å². The van der Waals surface area contributed by atoms with E-state index in [0.29, 0.717) is 15.2 Å². The second-order valence-electron chi connectivity index (χ2n) is 9.27. The Kier molecular flexibility index (Phi) is 8.71. The Hall–Kier alpha value is -1.75. The molecule has 1 aliphatic carbocycles. The molecule has 182 valence electrons. The molecule has 0 spiro atoms. The van der Waals surface area contributed by atoms with Gasteiger partial charge in [0.05, 0.1) is 13.6 Å². The van der Waals surface area contributed by atoms with Crippen molar-refractivity contribution in [1.29, 1.82) is 0 Å². The van der Waals surface area contributed by atoms with Gasteiger partial charge in [0.1, 0.15) is 18.9 Å². The van der Waals surface area contributed by atoms with Crippen molar-refractivity contribution in [2.45, 2.75) is 56.6 Å². The van der Waals surface area contributed by atoms with E-state index in [1.807, 2.05) is 24.6 Å². The van der Waals surface area contributed by atoms with E-state index in [0.717, 1.165) is 51.5 Å². The van der Waals surface area contributed by atoms with E-state index in [9.17, 15) is 14.7 Å². The summed E-state index contributed by atoms with van der Waals surface area (Å²) >= 11 is 1.40. The molecule has 3 heterocycles. The van der Waals surface area contributed by atoms with Gasteiger partial charge in [0.15, 0.2) is 18.0 Å². The average Bonchev–Trinajstić information content (AvgIpc) is 3.55. The number of halogens is 1. The first kappa shape index (κ1) is 25.9. The molecule has 2 aromatic rings. The maximum atomic E-state index is 13.3. The van der Waals surface area contributed by atoms with Gasteiger partial charge < -0.3 is 41.1 Å². The number of likely N-dealkylation sites (N-methyl/N-ethyl adjacent to an activating group) is 1. The van der Waals surface area contributed by atoms with Crippen LogP contribution in [0, 0.1) is 5.92 Å². The number of hydrogen-bond donors (Lipinski definition) is 2. The molecule has 2 aromatic heterocycles. The van der Waals surface area contributed by atoms with Crippen molar-refractivity contribution >= 4 is 29.0 Å². The van der Waals surface area contributed by atoms with E-state index in [2.05, 4.69) is 10.5 Å². The molecule has 4 rings (SSSR count). The van der Waals surface area contributed by atoms with E-state index >= 15 is 0 Å². The lowest BCUT2D eigenvalue weighted by atomic mass is 9.76. The minimum atomic E-state index is -1.60. The van der Waals surface area contributed by atoms with Crippen molar-refractivity contribution in [2.24, 2.45) is 5.92 Å². The van der Waals surface area contributed by atoms with Crippen LogP contribution in [0.5, 0.6) is 0 Å². The molecule has 10 heteroatoms. The molecule has 1 amide bonds. The van der Waals surface area contributed by atoms with E-state index in [4.69, 9.17) is 9.26 Å². The number of aliphatic hydroxyl groups is 1. The number of quaternary nitrogens is 1. The Balaban J connectivity index is 0.00000306. The van der Waals surface area contributed by atoms with Gasteiger partial charge in [0, 0.05) is 29.7 Å². The van der Waals surface area contributed by atoms with Crippen LogP contribution < -0.4 is 22.3 Å². The van der Waals surface area contributed by atoms with Gasteiger partial charge in [-0.1, -0.05) is 30.5 Å². The lowest BCUT2D eigenvalue weighted by molar-refractivity contribution is -0.913. The first-order valence-corrected chi connectivity index (χ1v) is 12.3. The highest BCUT2D eigenvalue weighted by Gasteiger charge is 2.49. The molecule has 1 saturated heterocycles. The summed E-state index contributed by atoms with van der Waals surface area (Å²) in [7, 11) is 2.01. The number of carbonyl (C=O) groups excluding carboxylic acids is 2. The van der Waals surface area contributed by atoms with Crippen LogP contribution in [-0.2, 0) is 19.9 Å². The van der Waals surface area contributed by atoms with Crippen molar-refractivity contribution in [2.75, 3.05) is 32.1 Å². The van der Waals surface area contributed by atoms with Gasteiger partial charge in [-0.3, -0.25) is 4.79 Å². The number of amides is 1. The fourth-order valence-corrected chi connectivity index (χ4v) is 6.10. The minimum Gasteiger partial charge on any atom is -1.00 e. The van der Waals surface area contributed by atoms with Gasteiger partial charge in [-0.25, -0.2) is 4.79 Å². The summed E-state index contributed by atoms with van der Waals surface area (Å²) in [6.07, 6.45) is 8.04. The molecule has 1 aliphatic heterocycles. The SMILES string of the molecule is C[N+]1(CC(=O)Nc2ccon2)CCCC1COC(=O)C(O)(c1cccs1)C1CCCCC1.[Br-]. The van der Waals surface area contributed by atoms with Crippen LogP contribution in [0.15, 0.2) is 34.4 Å². The van der Waals surface area contributed by atoms with Gasteiger partial charge in [-0.15, -0.1) is 11.3 Å². The van der Waals surface area contributed by atoms with Crippen molar-refractivity contribution in [3.63, 3.8) is 0 Å². The first-order chi connectivity index (χ1) is 15.4. The summed E-state index contributed by atoms with van der Waals surface area (Å²) in [6, 6.07) is 5.28. The number of rotatable bonds is 8. The summed E-state index contributed by atoms with van der Waals surface area (Å²) < 4.78 is 11.0. The molecule has 2 N–H and O–H groups in total. The van der Waals surface area contributed by atoms with E-state index in [1.54, 1.807) is 6.07 Å². The number of carbonyl (C=O) groups is 2. The van der Waals surface area contributed by atoms with Crippen molar-refractivity contribution in [3.05, 3.63) is 34.7 Å². The molecule has 2 aliphatic rings. The number of thiophene rings is 1. The van der Waals surface area contributed by atoms with Crippen LogP contribution >= 0.6 is 11.3 Å². The van der Waals surface area contributed by atoms with Crippen LogP contribution in [-0.4, -0.2) is 59.4 Å². The summed E-state index contributed by atoms with van der Waals surface area (Å²) in [5.74, 6) is -0.452. The third-order valence-corrected chi connectivity index (χ3v) is 8.10. The second-order valence-corrected chi connectivity index (χ2v) is 10.2. The van der Waals surface area contributed by atoms with Crippen LogP contribution in [0.4, 0.5) is 5.82 Å². The maximum absolute atomic E-state index is 13.3. The quantitative estimate of drug-likeness (QED) is 0.368. The monoisotopic (exact) mass is 541 g/mol. The Morgan fingerprint density at radius 1 is 1.27 bits per heavy atom. The topological polar surface area (TPSA) is 102 Å². The van der Waals surface area contributed by atoms with E-state index in [1.165, 1.54) is 17.6 Å². The number of anilines is 1. The van der Waals surface area contributed by atoms with Gasteiger partial charge in [0.25, 0.3) is 5.91 Å². The molecule has 8 nitrogen and oxygen atoms in total. The van der Waals surface area contributed by atoms with Crippen molar-refractivity contribution in [3.8, 4) is 0 Å². The highest BCUT2D eigenvalue weighted by Crippen LogP contribution is 2.42. The average molecular weight is 542 g/mol. The number of esters is 1. The minimum absolute atomic E-state index is 0. The zero-order chi connectivity index (χ0) is 22.6. The smallest absolute Gasteiger partial charge is 0.344 e. The summed E-state index contributed by atoms with van der Waals surface area (Å²) in [5.41, 5.74) is -1.60. The fraction of sp³-hybridized carbons (Fsp3) is 0.609. The van der Waals surface area contributed by atoms with E-state index < -0.39 is 11.6 Å². The fourth-order valence-electron chi connectivity index (χ4n) is 5.21. The third kappa shape index (κ3) is 5.67. The zero-order valence-corrected chi connectivity index (χ0v) is 21.3. The molecule has 1 saturated carbocycles. The Morgan fingerprint density at radius 2 is 2.06 bits per heavy atom. The normalized spacial score (nSPS) is 25.1. The predicted molar refractivity (Wildman–Crippen MR) is 120 cm³/mol. The van der Waals surface area contributed by atoms with Crippen LogP contribution in [0.3, 0.4) is 0 Å². The molecule has 3 unspecified atom stereocenters. The molecule has 0 aromatic carbocycles. The first-order valence-electron chi connectivity index (χ1n) is 11.4. The molecule has 0 radical (unpaired) electrons. The van der Waals surface area contributed by atoms with Crippen molar-refractivity contribution < 1.29 is 45.4 Å². The summed E-state index contributed by atoms with van der Waals surface area (Å²) in [4.78, 5) is 26.5.